The summed E-state index contributed by atoms with van der Waals surface area (Å²) in [6, 6.07) is 5.43. The van der Waals surface area contributed by atoms with E-state index in [-0.39, 0.29) is 6.54 Å². The quantitative estimate of drug-likeness (QED) is 0.744. The molecule has 106 valence electrons. The number of alkyl halides is 3. The lowest BCUT2D eigenvalue weighted by Crippen LogP contribution is -2.37. The van der Waals surface area contributed by atoms with E-state index in [1.165, 1.54) is 0 Å². The van der Waals surface area contributed by atoms with E-state index in [2.05, 4.69) is 0 Å². The molecule has 0 fully saturated rings. The Labute approximate surface area is 109 Å². The van der Waals surface area contributed by atoms with Gasteiger partial charge in [0.1, 0.15) is 0 Å². The van der Waals surface area contributed by atoms with Crippen molar-refractivity contribution in [2.45, 2.75) is 25.7 Å². The van der Waals surface area contributed by atoms with Gasteiger partial charge in [-0.25, -0.2) is 0 Å². The fourth-order valence-electron chi connectivity index (χ4n) is 1.64. The third kappa shape index (κ3) is 4.88. The third-order valence-corrected chi connectivity index (χ3v) is 2.54. The molecule has 19 heavy (non-hydrogen) atoms. The zero-order valence-corrected chi connectivity index (χ0v) is 10.3. The molecule has 0 heterocycles. The van der Waals surface area contributed by atoms with Crippen molar-refractivity contribution in [1.82, 2.24) is 5.32 Å². The van der Waals surface area contributed by atoms with Gasteiger partial charge in [0.2, 0.25) is 0 Å². The van der Waals surface area contributed by atoms with Crippen LogP contribution in [0.25, 0.3) is 0 Å². The van der Waals surface area contributed by atoms with Gasteiger partial charge in [-0.1, -0.05) is 18.2 Å². The summed E-state index contributed by atoms with van der Waals surface area (Å²) in [7, 11) is 0. The Balaban J connectivity index is 2.60. The van der Waals surface area contributed by atoms with Crippen molar-refractivity contribution in [3.63, 3.8) is 0 Å². The molecular weight excluding hydrogens is 259 g/mol. The van der Waals surface area contributed by atoms with Crippen LogP contribution in [-0.4, -0.2) is 18.6 Å². The van der Waals surface area contributed by atoms with E-state index in [1.54, 1.807) is 12.1 Å². The third-order valence-electron chi connectivity index (χ3n) is 2.54. The number of benzene rings is 1. The van der Waals surface area contributed by atoms with E-state index < -0.39 is 12.1 Å². The highest BCUT2D eigenvalue weighted by atomic mass is 19.4. The summed E-state index contributed by atoms with van der Waals surface area (Å²) in [5.41, 5.74) is 13.6. The summed E-state index contributed by atoms with van der Waals surface area (Å²) in [6.07, 6.45) is -4.55. The number of carbonyl (C=O) groups excluding carboxylic acids is 1. The van der Waals surface area contributed by atoms with Gasteiger partial charge in [-0.15, -0.1) is 0 Å². The molecule has 0 bridgehead atoms. The van der Waals surface area contributed by atoms with Crippen molar-refractivity contribution in [2.75, 3.05) is 6.54 Å². The van der Waals surface area contributed by atoms with E-state index in [9.17, 15) is 18.0 Å². The molecule has 4 nitrogen and oxygen atoms in total. The van der Waals surface area contributed by atoms with Gasteiger partial charge >= 0.3 is 12.1 Å². The summed E-state index contributed by atoms with van der Waals surface area (Å²) in [4.78, 5) is 10.6. The molecule has 0 aromatic heterocycles. The predicted molar refractivity (Wildman–Crippen MR) is 65.0 cm³/mol. The second-order valence-corrected chi connectivity index (χ2v) is 4.07. The number of hydrogen-bond donors (Lipinski definition) is 3. The first-order valence-electron chi connectivity index (χ1n) is 5.73. The second-order valence-electron chi connectivity index (χ2n) is 4.07. The first-order valence-corrected chi connectivity index (χ1v) is 5.73. The zero-order chi connectivity index (χ0) is 14.5. The molecule has 1 rings (SSSR count). The largest absolute Gasteiger partial charge is 0.471 e. The van der Waals surface area contributed by atoms with Crippen LogP contribution in [0.3, 0.4) is 0 Å². The van der Waals surface area contributed by atoms with Gasteiger partial charge < -0.3 is 16.8 Å². The van der Waals surface area contributed by atoms with Crippen molar-refractivity contribution in [1.29, 1.82) is 0 Å². The average Bonchev–Trinajstić information content (AvgIpc) is 2.37. The highest BCUT2D eigenvalue weighted by Crippen LogP contribution is 2.14. The van der Waals surface area contributed by atoms with E-state index in [0.29, 0.717) is 19.5 Å². The van der Waals surface area contributed by atoms with Crippen LogP contribution >= 0.6 is 0 Å². The maximum atomic E-state index is 12.0. The molecule has 0 spiro atoms. The first kappa shape index (κ1) is 15.5. The number of hydrogen-bond acceptors (Lipinski definition) is 3. The molecular formula is C12H16F3N3O. The minimum Gasteiger partial charge on any atom is -0.348 e. The fourth-order valence-corrected chi connectivity index (χ4v) is 1.64. The number of nitrogens with one attached hydrogen (secondary N) is 1. The topological polar surface area (TPSA) is 81.1 Å². The Kier molecular flexibility index (Phi) is 5.31. The van der Waals surface area contributed by atoms with Crippen LogP contribution in [0, 0.1) is 0 Å². The van der Waals surface area contributed by atoms with Crippen LogP contribution in [0.1, 0.15) is 16.7 Å². The SMILES string of the molecule is NCc1cc(CN)cc(CCNC(=O)C(F)(F)F)c1. The van der Waals surface area contributed by atoms with Crippen LogP contribution in [0.15, 0.2) is 18.2 Å². The molecule has 1 amide bonds. The molecule has 0 aliphatic rings. The van der Waals surface area contributed by atoms with Gasteiger partial charge in [0.05, 0.1) is 0 Å². The van der Waals surface area contributed by atoms with Crippen LogP contribution in [0.5, 0.6) is 0 Å². The van der Waals surface area contributed by atoms with Gasteiger partial charge in [0, 0.05) is 19.6 Å². The van der Waals surface area contributed by atoms with Crippen molar-refractivity contribution < 1.29 is 18.0 Å². The minimum atomic E-state index is -4.85. The number of halogens is 3. The normalized spacial score (nSPS) is 11.4. The molecule has 0 aliphatic heterocycles. The average molecular weight is 275 g/mol. The number of amides is 1. The second kappa shape index (κ2) is 6.53. The number of nitrogens with two attached hydrogens (primary N) is 2. The molecule has 5 N–H and O–H groups in total. The summed E-state index contributed by atoms with van der Waals surface area (Å²) < 4.78 is 35.9. The van der Waals surface area contributed by atoms with Crippen molar-refractivity contribution in [3.8, 4) is 0 Å². The smallest absolute Gasteiger partial charge is 0.348 e. The van der Waals surface area contributed by atoms with E-state index in [4.69, 9.17) is 11.5 Å². The Morgan fingerprint density at radius 1 is 1.05 bits per heavy atom. The van der Waals surface area contributed by atoms with Gasteiger partial charge in [0.15, 0.2) is 0 Å². The Morgan fingerprint density at radius 2 is 1.53 bits per heavy atom. The lowest BCUT2D eigenvalue weighted by atomic mass is 10.0. The monoisotopic (exact) mass is 275 g/mol. The van der Waals surface area contributed by atoms with E-state index in [0.717, 1.165) is 16.7 Å². The van der Waals surface area contributed by atoms with Crippen molar-refractivity contribution >= 4 is 5.91 Å². The molecule has 0 saturated heterocycles. The van der Waals surface area contributed by atoms with Crippen LogP contribution in [0.2, 0.25) is 0 Å². The molecule has 0 atom stereocenters. The van der Waals surface area contributed by atoms with Gasteiger partial charge in [-0.3, -0.25) is 4.79 Å². The summed E-state index contributed by atoms with van der Waals surface area (Å²) in [6.45, 7) is 0.571. The zero-order valence-electron chi connectivity index (χ0n) is 10.3. The Bertz CT molecular complexity index is 424. The van der Waals surface area contributed by atoms with Crippen molar-refractivity contribution in [2.24, 2.45) is 11.5 Å². The van der Waals surface area contributed by atoms with Gasteiger partial charge in [-0.05, 0) is 23.1 Å². The molecule has 0 aliphatic carbocycles. The lowest BCUT2D eigenvalue weighted by Gasteiger charge is -2.10. The molecule has 0 radical (unpaired) electrons. The maximum Gasteiger partial charge on any atom is 0.471 e. The van der Waals surface area contributed by atoms with Gasteiger partial charge in [-0.2, -0.15) is 13.2 Å². The highest BCUT2D eigenvalue weighted by molar-refractivity contribution is 5.81. The van der Waals surface area contributed by atoms with Crippen molar-refractivity contribution in [3.05, 3.63) is 34.9 Å². The molecule has 1 aromatic carbocycles. The molecule has 1 aromatic rings. The minimum absolute atomic E-state index is 0.0869. The predicted octanol–water partition coefficient (Wildman–Crippen LogP) is 0.825. The maximum absolute atomic E-state index is 12.0. The van der Waals surface area contributed by atoms with Crippen LogP contribution in [0.4, 0.5) is 13.2 Å². The number of carbonyl (C=O) groups is 1. The summed E-state index contributed by atoms with van der Waals surface area (Å²) in [5.74, 6) is -1.93. The highest BCUT2D eigenvalue weighted by Gasteiger charge is 2.38. The van der Waals surface area contributed by atoms with Gasteiger partial charge in [0.25, 0.3) is 0 Å². The Morgan fingerprint density at radius 3 is 1.95 bits per heavy atom. The molecule has 7 heteroatoms. The number of rotatable bonds is 5. The summed E-state index contributed by atoms with van der Waals surface area (Å²) >= 11 is 0. The van der Waals surface area contributed by atoms with Crippen LogP contribution in [-0.2, 0) is 24.3 Å². The molecule has 0 saturated carbocycles. The Hall–Kier alpha value is -1.60. The first-order chi connectivity index (χ1) is 8.86. The van der Waals surface area contributed by atoms with E-state index in [1.807, 2.05) is 11.4 Å². The fraction of sp³-hybridized carbons (Fsp3) is 0.417. The standard InChI is InChI=1S/C12H16F3N3O/c13-12(14,15)11(19)18-2-1-8-3-9(6-16)5-10(4-8)7-17/h3-5H,1-2,6-7,16-17H2,(H,18,19). The molecule has 0 unspecified atom stereocenters. The van der Waals surface area contributed by atoms with Crippen LogP contribution < -0.4 is 16.8 Å². The van der Waals surface area contributed by atoms with E-state index >= 15 is 0 Å². The summed E-state index contributed by atoms with van der Waals surface area (Å²) in [5, 5.41) is 1.82. The lowest BCUT2D eigenvalue weighted by molar-refractivity contribution is -0.173.